The lowest BCUT2D eigenvalue weighted by atomic mass is 9.96. The summed E-state index contributed by atoms with van der Waals surface area (Å²) >= 11 is 1.75. The Hall–Kier alpha value is -0.340. The second kappa shape index (κ2) is 7.61. The molecule has 3 atom stereocenters. The van der Waals surface area contributed by atoms with Crippen LogP contribution in [0.2, 0.25) is 0 Å². The number of thiophene rings is 1. The van der Waals surface area contributed by atoms with E-state index in [1.165, 1.54) is 17.7 Å². The van der Waals surface area contributed by atoms with E-state index in [0.717, 1.165) is 25.5 Å². The van der Waals surface area contributed by atoms with Gasteiger partial charge >= 0.3 is 0 Å². The van der Waals surface area contributed by atoms with Gasteiger partial charge < -0.3 is 15.4 Å². The molecule has 2 fully saturated rings. The fraction of sp³-hybridized carbons (Fsp3) is 0.643. The third-order valence-electron chi connectivity index (χ3n) is 3.75. The molecule has 2 bridgehead atoms. The van der Waals surface area contributed by atoms with Gasteiger partial charge in [0, 0.05) is 11.4 Å². The number of fused-ring (bicyclic) bond motifs is 2. The molecule has 1 aromatic rings. The molecule has 20 heavy (non-hydrogen) atoms. The first-order valence-corrected chi connectivity index (χ1v) is 7.96. The largest absolute Gasteiger partial charge is 0.373 e. The second-order valence-electron chi connectivity index (χ2n) is 5.13. The van der Waals surface area contributed by atoms with E-state index in [4.69, 9.17) is 4.74 Å². The second-order valence-corrected chi connectivity index (χ2v) is 6.17. The van der Waals surface area contributed by atoms with Crippen LogP contribution in [0.1, 0.15) is 31.1 Å². The summed E-state index contributed by atoms with van der Waals surface area (Å²) in [6.45, 7) is 3.73. The van der Waals surface area contributed by atoms with Gasteiger partial charge in [-0.1, -0.05) is 6.07 Å². The molecule has 2 N–H and O–H groups in total. The van der Waals surface area contributed by atoms with Crippen molar-refractivity contribution in [2.75, 3.05) is 6.54 Å². The number of rotatable bonds is 4. The summed E-state index contributed by atoms with van der Waals surface area (Å²) in [7, 11) is 0. The van der Waals surface area contributed by atoms with Crippen LogP contribution in [0.15, 0.2) is 22.5 Å². The van der Waals surface area contributed by atoms with Crippen molar-refractivity contribution >= 4 is 41.3 Å². The van der Waals surface area contributed by atoms with Crippen molar-refractivity contribution < 1.29 is 4.74 Å². The fourth-order valence-corrected chi connectivity index (χ4v) is 3.47. The van der Waals surface area contributed by atoms with Gasteiger partial charge in [0.2, 0.25) is 0 Å². The smallest absolute Gasteiger partial charge is 0.191 e. The molecular formula is C14H22IN3OS. The van der Waals surface area contributed by atoms with Crippen LogP contribution in [0.5, 0.6) is 0 Å². The van der Waals surface area contributed by atoms with E-state index < -0.39 is 0 Å². The normalized spacial score (nSPS) is 28.2. The van der Waals surface area contributed by atoms with Crippen LogP contribution in [0, 0.1) is 0 Å². The molecule has 2 aliphatic rings. The van der Waals surface area contributed by atoms with Crippen LogP contribution in [-0.2, 0) is 11.3 Å². The first kappa shape index (κ1) is 16.0. The van der Waals surface area contributed by atoms with E-state index >= 15 is 0 Å². The van der Waals surface area contributed by atoms with E-state index in [9.17, 15) is 0 Å². The molecule has 2 aliphatic heterocycles. The Kier molecular flexibility index (Phi) is 6.10. The quantitative estimate of drug-likeness (QED) is 0.459. The fourth-order valence-electron chi connectivity index (χ4n) is 2.84. The number of hydrogen-bond acceptors (Lipinski definition) is 3. The molecule has 3 heterocycles. The standard InChI is InChI=1S/C14H21N3OS.HI/c1-2-15-14(16-9-11-4-3-7-19-11)17-12-8-10-5-6-13(12)18-10;/h3-4,7,10,12-13H,2,5-6,8-9H2,1H3,(H2,15,16,17);1H. The lowest BCUT2D eigenvalue weighted by Gasteiger charge is -2.22. The Bertz CT molecular complexity index is 438. The van der Waals surface area contributed by atoms with Gasteiger partial charge in [0.25, 0.3) is 0 Å². The zero-order valence-electron chi connectivity index (χ0n) is 11.7. The van der Waals surface area contributed by atoms with Crippen LogP contribution in [-0.4, -0.2) is 30.8 Å². The summed E-state index contributed by atoms with van der Waals surface area (Å²) in [5, 5.41) is 8.94. The highest BCUT2D eigenvalue weighted by molar-refractivity contribution is 14.0. The van der Waals surface area contributed by atoms with Crippen LogP contribution >= 0.6 is 35.3 Å². The van der Waals surface area contributed by atoms with Crippen LogP contribution in [0.3, 0.4) is 0 Å². The summed E-state index contributed by atoms with van der Waals surface area (Å²) in [4.78, 5) is 5.95. The highest BCUT2D eigenvalue weighted by Crippen LogP contribution is 2.34. The van der Waals surface area contributed by atoms with Gasteiger partial charge in [-0.3, -0.25) is 0 Å². The summed E-state index contributed by atoms with van der Waals surface area (Å²) < 4.78 is 5.87. The van der Waals surface area contributed by atoms with Crippen molar-refractivity contribution in [1.82, 2.24) is 10.6 Å². The predicted molar refractivity (Wildman–Crippen MR) is 94.0 cm³/mol. The van der Waals surface area contributed by atoms with Gasteiger partial charge in [-0.2, -0.15) is 0 Å². The number of guanidine groups is 1. The maximum absolute atomic E-state index is 5.87. The number of nitrogens with zero attached hydrogens (tertiary/aromatic N) is 1. The molecule has 112 valence electrons. The average Bonchev–Trinajstić information content (AvgIpc) is 3.13. The van der Waals surface area contributed by atoms with E-state index in [-0.39, 0.29) is 24.0 Å². The minimum Gasteiger partial charge on any atom is -0.373 e. The Balaban J connectivity index is 0.00000147. The lowest BCUT2D eigenvalue weighted by molar-refractivity contribution is 0.0992. The van der Waals surface area contributed by atoms with E-state index in [1.54, 1.807) is 11.3 Å². The molecule has 0 aliphatic carbocycles. The average molecular weight is 407 g/mol. The highest BCUT2D eigenvalue weighted by Gasteiger charge is 2.41. The van der Waals surface area contributed by atoms with Crippen molar-refractivity contribution in [3.8, 4) is 0 Å². The number of nitrogens with one attached hydrogen (secondary N) is 2. The zero-order valence-corrected chi connectivity index (χ0v) is 14.8. The van der Waals surface area contributed by atoms with Crippen LogP contribution < -0.4 is 10.6 Å². The van der Waals surface area contributed by atoms with E-state index in [0.29, 0.717) is 18.2 Å². The molecule has 4 nitrogen and oxygen atoms in total. The summed E-state index contributed by atoms with van der Waals surface area (Å²) in [6, 6.07) is 4.62. The molecule has 3 rings (SSSR count). The number of halogens is 1. The van der Waals surface area contributed by atoms with Crippen molar-refractivity contribution in [2.45, 2.75) is 51.0 Å². The lowest BCUT2D eigenvalue weighted by Crippen LogP contribution is -2.47. The molecule has 0 radical (unpaired) electrons. The van der Waals surface area contributed by atoms with Gasteiger partial charge in [-0.15, -0.1) is 35.3 Å². The van der Waals surface area contributed by atoms with E-state index in [1.807, 2.05) is 0 Å². The minimum atomic E-state index is 0. The van der Waals surface area contributed by atoms with Gasteiger partial charge in [0.15, 0.2) is 5.96 Å². The molecule has 2 saturated heterocycles. The van der Waals surface area contributed by atoms with Gasteiger partial charge in [0.05, 0.1) is 24.8 Å². The third kappa shape index (κ3) is 3.85. The summed E-state index contributed by atoms with van der Waals surface area (Å²) in [6.07, 6.45) is 4.39. The summed E-state index contributed by atoms with van der Waals surface area (Å²) in [5.74, 6) is 0.914. The van der Waals surface area contributed by atoms with Gasteiger partial charge in [0.1, 0.15) is 0 Å². The zero-order chi connectivity index (χ0) is 13.1. The first-order chi connectivity index (χ1) is 9.35. The van der Waals surface area contributed by atoms with Crippen molar-refractivity contribution in [2.24, 2.45) is 4.99 Å². The van der Waals surface area contributed by atoms with Crippen molar-refractivity contribution in [3.05, 3.63) is 22.4 Å². The molecule has 0 aromatic carbocycles. The maximum Gasteiger partial charge on any atom is 0.191 e. The molecule has 0 saturated carbocycles. The SMILES string of the molecule is CCNC(=NCc1cccs1)NC1CC2CCC1O2.I. The first-order valence-electron chi connectivity index (χ1n) is 7.08. The van der Waals surface area contributed by atoms with Crippen LogP contribution in [0.25, 0.3) is 0 Å². The van der Waals surface area contributed by atoms with Crippen LogP contribution in [0.4, 0.5) is 0 Å². The predicted octanol–water partition coefficient (Wildman–Crippen LogP) is 2.74. The Labute approximate surface area is 141 Å². The molecular weight excluding hydrogens is 385 g/mol. The molecule has 1 aromatic heterocycles. The minimum absolute atomic E-state index is 0. The monoisotopic (exact) mass is 407 g/mol. The van der Waals surface area contributed by atoms with Crippen molar-refractivity contribution in [1.29, 1.82) is 0 Å². The summed E-state index contributed by atoms with van der Waals surface area (Å²) in [5.41, 5.74) is 0. The van der Waals surface area contributed by atoms with Gasteiger partial charge in [-0.25, -0.2) is 4.99 Å². The van der Waals surface area contributed by atoms with E-state index in [2.05, 4.69) is 40.1 Å². The molecule has 6 heteroatoms. The number of aliphatic imine (C=N–C) groups is 1. The molecule has 0 spiro atoms. The third-order valence-corrected chi connectivity index (χ3v) is 4.61. The van der Waals surface area contributed by atoms with Crippen molar-refractivity contribution in [3.63, 3.8) is 0 Å². The Morgan fingerprint density at radius 2 is 2.40 bits per heavy atom. The number of ether oxygens (including phenoxy) is 1. The Morgan fingerprint density at radius 1 is 1.50 bits per heavy atom. The Morgan fingerprint density at radius 3 is 3.00 bits per heavy atom. The maximum atomic E-state index is 5.87. The molecule has 0 amide bonds. The van der Waals surface area contributed by atoms with Gasteiger partial charge in [-0.05, 0) is 37.6 Å². The topological polar surface area (TPSA) is 45.7 Å². The molecule has 3 unspecified atom stereocenters. The highest BCUT2D eigenvalue weighted by atomic mass is 127. The number of hydrogen-bond donors (Lipinski definition) is 2.